The molecule has 1 N–H and O–H groups in total. The van der Waals surface area contributed by atoms with Crippen LogP contribution in [0.15, 0.2) is 0 Å². The first-order chi connectivity index (χ1) is 5.01. The molecular weight excluding hydrogens is 164 g/mol. The molecule has 0 bridgehead atoms. The maximum atomic E-state index is 11.2. The Morgan fingerprint density at radius 3 is 2.36 bits per heavy atom. The van der Waals surface area contributed by atoms with Crippen LogP contribution in [-0.2, 0) is 4.79 Å². The van der Waals surface area contributed by atoms with E-state index in [0.29, 0.717) is 6.42 Å². The van der Waals surface area contributed by atoms with Gasteiger partial charge in [0.2, 0.25) is 0 Å². The molecule has 1 saturated heterocycles. The number of imide groups is 1. The van der Waals surface area contributed by atoms with Gasteiger partial charge in [0, 0.05) is 7.05 Å². The lowest BCUT2D eigenvalue weighted by atomic mass is 10.2. The predicted octanol–water partition coefficient (Wildman–Crippen LogP) is 0.204. The third kappa shape index (κ3) is 1.09. The van der Waals surface area contributed by atoms with Crippen molar-refractivity contribution < 1.29 is 9.59 Å². The van der Waals surface area contributed by atoms with Crippen LogP contribution in [0.4, 0.5) is 4.79 Å². The van der Waals surface area contributed by atoms with Crippen molar-refractivity contribution >= 4 is 24.6 Å². The van der Waals surface area contributed by atoms with Gasteiger partial charge in [0.15, 0.2) is 4.87 Å². The smallest absolute Gasteiger partial charge is 0.315 e. The van der Waals surface area contributed by atoms with Crippen LogP contribution in [0.3, 0.4) is 0 Å². The Morgan fingerprint density at radius 1 is 1.64 bits per heavy atom. The summed E-state index contributed by atoms with van der Waals surface area (Å²) in [4.78, 5) is 22.2. The van der Waals surface area contributed by atoms with Gasteiger partial charge in [-0.25, -0.2) is 4.79 Å². The highest BCUT2D eigenvalue weighted by molar-refractivity contribution is 7.82. The fourth-order valence-corrected chi connectivity index (χ4v) is 1.17. The second kappa shape index (κ2) is 2.41. The minimum Gasteiger partial charge on any atom is -0.315 e. The van der Waals surface area contributed by atoms with Gasteiger partial charge in [-0.2, -0.15) is 0 Å². The van der Waals surface area contributed by atoms with E-state index < -0.39 is 4.87 Å². The summed E-state index contributed by atoms with van der Waals surface area (Å²) in [7, 11) is 1.44. The van der Waals surface area contributed by atoms with Crippen molar-refractivity contribution in [3.8, 4) is 0 Å². The number of likely N-dealkylation sites (N-methyl/N-ethyl adjacent to an activating group) is 1. The molecule has 0 saturated carbocycles. The topological polar surface area (TPSA) is 49.4 Å². The van der Waals surface area contributed by atoms with Gasteiger partial charge in [-0.15, -0.1) is 12.6 Å². The minimum atomic E-state index is -0.980. The van der Waals surface area contributed by atoms with Crippen LogP contribution in [-0.4, -0.2) is 28.8 Å². The number of nitrogens with zero attached hydrogens (tertiary/aromatic N) is 1. The third-order valence-corrected chi connectivity index (χ3v) is 2.41. The zero-order chi connectivity index (χ0) is 8.65. The van der Waals surface area contributed by atoms with E-state index in [1.165, 1.54) is 7.05 Å². The first-order valence-electron chi connectivity index (χ1n) is 3.34. The molecule has 1 fully saturated rings. The Hall–Kier alpha value is -0.710. The molecule has 0 aromatic carbocycles. The van der Waals surface area contributed by atoms with E-state index in [-0.39, 0.29) is 11.9 Å². The summed E-state index contributed by atoms with van der Waals surface area (Å²) in [5, 5.41) is 2.48. The van der Waals surface area contributed by atoms with Gasteiger partial charge in [0.05, 0.1) is 0 Å². The Labute approximate surface area is 70.3 Å². The van der Waals surface area contributed by atoms with Crippen LogP contribution in [0.2, 0.25) is 0 Å². The molecule has 1 aliphatic rings. The largest absolute Gasteiger partial charge is 0.325 e. The van der Waals surface area contributed by atoms with Crippen LogP contribution < -0.4 is 5.32 Å². The SMILES string of the molecule is CCC1(S)NC(=O)N(C)C1=O. The van der Waals surface area contributed by atoms with E-state index in [4.69, 9.17) is 0 Å². The average Bonchev–Trinajstić information content (AvgIpc) is 2.17. The number of hydrogen-bond acceptors (Lipinski definition) is 3. The summed E-state index contributed by atoms with van der Waals surface area (Å²) in [5.41, 5.74) is 0. The quantitative estimate of drug-likeness (QED) is 0.441. The molecule has 0 spiro atoms. The van der Waals surface area contributed by atoms with Gasteiger partial charge < -0.3 is 5.32 Å². The second-order valence-electron chi connectivity index (χ2n) is 2.51. The van der Waals surface area contributed by atoms with Crippen molar-refractivity contribution in [2.45, 2.75) is 18.2 Å². The zero-order valence-electron chi connectivity index (χ0n) is 6.42. The highest BCUT2D eigenvalue weighted by atomic mass is 32.1. The third-order valence-electron chi connectivity index (χ3n) is 1.79. The van der Waals surface area contributed by atoms with Crippen LogP contribution in [0.25, 0.3) is 0 Å². The fourth-order valence-electron chi connectivity index (χ4n) is 0.924. The zero-order valence-corrected chi connectivity index (χ0v) is 7.31. The summed E-state index contributed by atoms with van der Waals surface area (Å²) in [6.45, 7) is 1.80. The molecule has 11 heavy (non-hydrogen) atoms. The van der Waals surface area contributed by atoms with E-state index in [9.17, 15) is 9.59 Å². The van der Waals surface area contributed by atoms with Crippen LogP contribution >= 0.6 is 12.6 Å². The van der Waals surface area contributed by atoms with Gasteiger partial charge in [-0.3, -0.25) is 9.69 Å². The molecule has 1 heterocycles. The van der Waals surface area contributed by atoms with Crippen molar-refractivity contribution in [3.05, 3.63) is 0 Å². The van der Waals surface area contributed by atoms with Gasteiger partial charge in [-0.1, -0.05) is 6.92 Å². The maximum absolute atomic E-state index is 11.2. The number of amides is 3. The molecule has 1 rings (SSSR count). The minimum absolute atomic E-state index is 0.284. The lowest BCUT2D eigenvalue weighted by Crippen LogP contribution is -2.40. The van der Waals surface area contributed by atoms with Crippen LogP contribution in [0.1, 0.15) is 13.3 Å². The molecule has 62 valence electrons. The molecule has 0 aliphatic carbocycles. The Morgan fingerprint density at radius 2 is 2.18 bits per heavy atom. The molecule has 3 amide bonds. The Kier molecular flexibility index (Phi) is 1.83. The first kappa shape index (κ1) is 8.39. The number of carbonyl (C=O) groups excluding carboxylic acids is 2. The summed E-state index contributed by atoms with van der Waals surface area (Å²) in [6.07, 6.45) is 0.491. The molecule has 0 aromatic heterocycles. The molecule has 1 unspecified atom stereocenters. The standard InChI is InChI=1S/C6H10N2O2S/c1-3-6(11)4(9)8(2)5(10)7-6/h11H,3H2,1-2H3,(H,7,10). The lowest BCUT2D eigenvalue weighted by Gasteiger charge is -2.16. The highest BCUT2D eigenvalue weighted by Gasteiger charge is 2.45. The van der Waals surface area contributed by atoms with E-state index >= 15 is 0 Å². The average molecular weight is 174 g/mol. The first-order valence-corrected chi connectivity index (χ1v) is 3.78. The van der Waals surface area contributed by atoms with Gasteiger partial charge in [0.25, 0.3) is 5.91 Å². The van der Waals surface area contributed by atoms with Crippen molar-refractivity contribution in [1.29, 1.82) is 0 Å². The van der Waals surface area contributed by atoms with Crippen molar-refractivity contribution in [2.24, 2.45) is 0 Å². The van der Waals surface area contributed by atoms with Gasteiger partial charge in [0.1, 0.15) is 0 Å². The summed E-state index contributed by atoms with van der Waals surface area (Å²) in [5.74, 6) is -0.284. The molecule has 5 heteroatoms. The highest BCUT2D eigenvalue weighted by Crippen LogP contribution is 2.23. The normalized spacial score (nSPS) is 31.0. The monoisotopic (exact) mass is 174 g/mol. The van der Waals surface area contributed by atoms with Crippen LogP contribution in [0.5, 0.6) is 0 Å². The van der Waals surface area contributed by atoms with E-state index in [1.807, 2.05) is 0 Å². The molecule has 0 aromatic rings. The van der Waals surface area contributed by atoms with E-state index in [0.717, 1.165) is 4.90 Å². The van der Waals surface area contributed by atoms with Gasteiger partial charge >= 0.3 is 6.03 Å². The molecule has 1 aliphatic heterocycles. The molecule has 4 nitrogen and oxygen atoms in total. The van der Waals surface area contributed by atoms with E-state index in [1.54, 1.807) is 6.92 Å². The Balaban J connectivity index is 2.91. The maximum Gasteiger partial charge on any atom is 0.325 e. The Bertz CT molecular complexity index is 219. The van der Waals surface area contributed by atoms with Crippen molar-refractivity contribution in [2.75, 3.05) is 7.05 Å². The van der Waals surface area contributed by atoms with Crippen molar-refractivity contribution in [3.63, 3.8) is 0 Å². The number of rotatable bonds is 1. The predicted molar refractivity (Wildman–Crippen MR) is 43.3 cm³/mol. The number of urea groups is 1. The number of nitrogens with one attached hydrogen (secondary N) is 1. The van der Waals surface area contributed by atoms with E-state index in [2.05, 4.69) is 17.9 Å². The van der Waals surface area contributed by atoms with Crippen LogP contribution in [0, 0.1) is 0 Å². The van der Waals surface area contributed by atoms with Gasteiger partial charge in [-0.05, 0) is 6.42 Å². The fraction of sp³-hybridized carbons (Fsp3) is 0.667. The lowest BCUT2D eigenvalue weighted by molar-refractivity contribution is -0.127. The molecule has 1 atom stereocenters. The second-order valence-corrected chi connectivity index (χ2v) is 3.27. The molecular formula is C6H10N2O2S. The summed E-state index contributed by atoms with van der Waals surface area (Å²) >= 11 is 4.07. The molecule has 0 radical (unpaired) electrons. The summed E-state index contributed by atoms with van der Waals surface area (Å²) < 4.78 is 0. The van der Waals surface area contributed by atoms with Crippen molar-refractivity contribution in [1.82, 2.24) is 10.2 Å². The number of hydrogen-bond donors (Lipinski definition) is 2. The number of carbonyl (C=O) groups is 2. The summed E-state index contributed by atoms with van der Waals surface area (Å²) in [6, 6.07) is -0.383. The number of thiol groups is 1.